The molecule has 0 aliphatic rings. The van der Waals surface area contributed by atoms with Gasteiger partial charge in [-0.25, -0.2) is 0 Å². The molecule has 0 aromatic heterocycles. The predicted molar refractivity (Wildman–Crippen MR) is 105 cm³/mol. The summed E-state index contributed by atoms with van der Waals surface area (Å²) in [5.74, 6) is 0. The van der Waals surface area contributed by atoms with Crippen molar-refractivity contribution in [2.75, 3.05) is 26.5 Å². The molecule has 0 unspecified atom stereocenters. The van der Waals surface area contributed by atoms with Crippen molar-refractivity contribution in [3.63, 3.8) is 0 Å². The van der Waals surface area contributed by atoms with E-state index >= 15 is 0 Å². The normalized spacial score (nSPS) is 12.6. The third-order valence-corrected chi connectivity index (χ3v) is 4.05. The Labute approximate surface area is 144 Å². The molecule has 0 aliphatic carbocycles. The van der Waals surface area contributed by atoms with Gasteiger partial charge in [0.1, 0.15) is 0 Å². The van der Waals surface area contributed by atoms with Gasteiger partial charge in [-0.05, 0) is 56.4 Å². The highest BCUT2D eigenvalue weighted by molar-refractivity contribution is 7.64. The summed E-state index contributed by atoms with van der Waals surface area (Å²) < 4.78 is 4.92. The Morgan fingerprint density at radius 3 is 2.26 bits per heavy atom. The molecule has 0 aliphatic heterocycles. The molecule has 0 heterocycles. The molecular weight excluding hydrogens is 323 g/mol. The van der Waals surface area contributed by atoms with Crippen LogP contribution in [0.3, 0.4) is 0 Å². The lowest BCUT2D eigenvalue weighted by Crippen LogP contribution is -1.86. The second kappa shape index (κ2) is 8.29. The minimum absolute atomic E-state index is 0.607. The lowest BCUT2D eigenvalue weighted by Gasteiger charge is -2.09. The maximum Gasteiger partial charge on any atom is 0.0664 e. The number of benzene rings is 2. The van der Waals surface area contributed by atoms with Gasteiger partial charge in [0, 0.05) is 11.2 Å². The summed E-state index contributed by atoms with van der Waals surface area (Å²) in [6.45, 7) is 7.23. The van der Waals surface area contributed by atoms with Crippen LogP contribution >= 0.6 is 18.7 Å². The van der Waals surface area contributed by atoms with Crippen LogP contribution in [-0.4, -0.2) is 32.8 Å². The molecule has 4 heteroatoms. The summed E-state index contributed by atoms with van der Waals surface area (Å²) in [5, 5.41) is 0.737. The van der Waals surface area contributed by atoms with Crippen LogP contribution in [-0.2, 0) is 0 Å². The molecule has 0 radical (unpaired) electrons. The van der Waals surface area contributed by atoms with E-state index in [1.165, 1.54) is 0 Å². The molecule has 23 heavy (non-hydrogen) atoms. The highest BCUT2D eigenvalue weighted by Crippen LogP contribution is 2.39. The van der Waals surface area contributed by atoms with E-state index in [4.69, 9.17) is 16.3 Å². The first kappa shape index (κ1) is 17.7. The molecule has 2 aromatic carbocycles. The van der Waals surface area contributed by atoms with Crippen LogP contribution in [0.1, 0.15) is 11.1 Å². The zero-order valence-corrected chi connectivity index (χ0v) is 15.4. The van der Waals surface area contributed by atoms with Gasteiger partial charge in [-0.15, -0.1) is 0 Å². The van der Waals surface area contributed by atoms with Gasteiger partial charge in [0.2, 0.25) is 0 Å². The van der Waals surface area contributed by atoms with E-state index in [1.54, 1.807) is 0 Å². The Morgan fingerprint density at radius 1 is 1.00 bits per heavy atom. The van der Waals surface area contributed by atoms with Crippen LogP contribution in [0, 0.1) is 0 Å². The van der Waals surface area contributed by atoms with Gasteiger partial charge in [0.15, 0.2) is 0 Å². The molecular formula is C19H22ClN2P. The van der Waals surface area contributed by atoms with Crippen LogP contribution in [0.25, 0.3) is 5.70 Å². The van der Waals surface area contributed by atoms with Crippen LogP contribution in [0.4, 0.5) is 0 Å². The van der Waals surface area contributed by atoms with Gasteiger partial charge in [-0.1, -0.05) is 54.1 Å². The SMILES string of the molecule is CP(C)(C)=N/C(=C\CN=Cc1ccc(Cl)cc1)c1ccccc1. The molecule has 2 nitrogen and oxygen atoms in total. The largest absolute Gasteiger partial charge is 0.288 e. The third-order valence-electron chi connectivity index (χ3n) is 2.98. The predicted octanol–water partition coefficient (Wildman–Crippen LogP) is 5.89. The fourth-order valence-electron chi connectivity index (χ4n) is 1.99. The second-order valence-electron chi connectivity index (χ2n) is 6.04. The summed E-state index contributed by atoms with van der Waals surface area (Å²) in [5.41, 5.74) is 3.22. The maximum absolute atomic E-state index is 5.88. The molecule has 0 saturated heterocycles. The number of hydrogen-bond donors (Lipinski definition) is 0. The van der Waals surface area contributed by atoms with Gasteiger partial charge >= 0.3 is 0 Å². The highest BCUT2D eigenvalue weighted by atomic mass is 35.5. The third kappa shape index (κ3) is 6.56. The summed E-state index contributed by atoms with van der Waals surface area (Å²) in [4.78, 5) is 4.47. The summed E-state index contributed by atoms with van der Waals surface area (Å²) >= 11 is 5.88. The Bertz CT molecular complexity index is 732. The van der Waals surface area contributed by atoms with Gasteiger partial charge < -0.3 is 0 Å². The Morgan fingerprint density at radius 2 is 1.65 bits per heavy atom. The van der Waals surface area contributed by atoms with Gasteiger partial charge in [0.25, 0.3) is 0 Å². The standard InChI is InChI=1S/C19H22ClN2P/c1-23(2,3)22-19(17-7-5-4-6-8-17)13-14-21-15-16-9-11-18(20)12-10-16/h4-13,15H,14H2,1-3H3/b19-13-,21-15?. The molecule has 0 spiro atoms. The van der Waals surface area contributed by atoms with Crippen LogP contribution in [0.2, 0.25) is 5.02 Å². The first-order chi connectivity index (χ1) is 10.9. The second-order valence-corrected chi connectivity index (χ2v) is 10.6. The van der Waals surface area contributed by atoms with E-state index in [1.807, 2.05) is 48.7 Å². The zero-order chi connectivity index (χ0) is 16.7. The van der Waals surface area contributed by atoms with Gasteiger partial charge in [-0.2, -0.15) is 0 Å². The van der Waals surface area contributed by atoms with Gasteiger partial charge in [0.05, 0.1) is 12.2 Å². The molecule has 0 amide bonds. The van der Waals surface area contributed by atoms with Crippen LogP contribution in [0.5, 0.6) is 0 Å². The molecule has 0 saturated carbocycles. The molecule has 0 fully saturated rings. The van der Waals surface area contributed by atoms with Gasteiger partial charge in [-0.3, -0.25) is 9.74 Å². The van der Waals surface area contributed by atoms with Crippen molar-refractivity contribution >= 4 is 30.6 Å². The topological polar surface area (TPSA) is 24.7 Å². The minimum atomic E-state index is -1.26. The maximum atomic E-state index is 5.88. The van der Waals surface area contributed by atoms with E-state index in [2.05, 4.69) is 43.2 Å². The summed E-state index contributed by atoms with van der Waals surface area (Å²) in [6, 6.07) is 17.9. The fraction of sp³-hybridized carbons (Fsp3) is 0.211. The molecule has 2 rings (SSSR count). The number of hydrogen-bond acceptors (Lipinski definition) is 2. The van der Waals surface area contributed by atoms with Crippen molar-refractivity contribution in [3.05, 3.63) is 76.8 Å². The molecule has 0 atom stereocenters. The van der Waals surface area contributed by atoms with E-state index in [0.717, 1.165) is 21.8 Å². The minimum Gasteiger partial charge on any atom is -0.288 e. The van der Waals surface area contributed by atoms with Crippen molar-refractivity contribution < 1.29 is 0 Å². The van der Waals surface area contributed by atoms with Crippen molar-refractivity contribution in [1.82, 2.24) is 0 Å². The lowest BCUT2D eigenvalue weighted by atomic mass is 10.1. The first-order valence-corrected chi connectivity index (χ1v) is 11.0. The van der Waals surface area contributed by atoms with E-state index < -0.39 is 7.05 Å². The van der Waals surface area contributed by atoms with Crippen LogP contribution in [0.15, 0.2) is 70.4 Å². The zero-order valence-electron chi connectivity index (χ0n) is 13.8. The quantitative estimate of drug-likeness (QED) is 0.477. The number of aliphatic imine (C=N–C) groups is 1. The summed E-state index contributed by atoms with van der Waals surface area (Å²) in [7, 11) is -1.26. The van der Waals surface area contributed by atoms with E-state index in [9.17, 15) is 0 Å². The fourth-order valence-corrected chi connectivity index (χ4v) is 2.96. The smallest absolute Gasteiger partial charge is 0.0664 e. The Hall–Kier alpha value is -1.63. The van der Waals surface area contributed by atoms with Crippen molar-refractivity contribution in [3.8, 4) is 0 Å². The molecule has 0 bridgehead atoms. The molecule has 120 valence electrons. The number of halogens is 1. The van der Waals surface area contributed by atoms with Crippen molar-refractivity contribution in [2.45, 2.75) is 0 Å². The monoisotopic (exact) mass is 344 g/mol. The van der Waals surface area contributed by atoms with E-state index in [-0.39, 0.29) is 0 Å². The highest BCUT2D eigenvalue weighted by Gasteiger charge is 2.02. The number of nitrogens with zero attached hydrogens (tertiary/aromatic N) is 2. The Balaban J connectivity index is 2.16. The van der Waals surface area contributed by atoms with Crippen molar-refractivity contribution in [2.24, 2.45) is 9.74 Å². The summed E-state index contributed by atoms with van der Waals surface area (Å²) in [6.07, 6.45) is 3.95. The molecule has 2 aromatic rings. The first-order valence-electron chi connectivity index (χ1n) is 7.50. The lowest BCUT2D eigenvalue weighted by molar-refractivity contribution is 1.25. The van der Waals surface area contributed by atoms with Crippen molar-refractivity contribution in [1.29, 1.82) is 0 Å². The Kier molecular flexibility index (Phi) is 6.38. The molecule has 0 N–H and O–H groups in total. The van der Waals surface area contributed by atoms with Crippen LogP contribution < -0.4 is 0 Å². The van der Waals surface area contributed by atoms with E-state index in [0.29, 0.717) is 6.54 Å². The average molecular weight is 345 g/mol. The number of rotatable bonds is 5. The average Bonchev–Trinajstić information content (AvgIpc) is 2.52.